The molecular formula is C46H67BN6O9. The van der Waals surface area contributed by atoms with Gasteiger partial charge >= 0.3 is 7.12 Å². The largest absolute Gasteiger partial charge is 0.507 e. The first kappa shape index (κ1) is 46.8. The lowest BCUT2D eigenvalue weighted by molar-refractivity contribution is -0.199. The molecule has 1 saturated heterocycles. The number of hydrogen-bond donors (Lipinski definition) is 7. The highest BCUT2D eigenvalue weighted by atomic mass is 16.7. The molecule has 2 aromatic carbocycles. The van der Waals surface area contributed by atoms with Gasteiger partial charge in [0.15, 0.2) is 0 Å². The molecule has 7 rings (SSSR count). The van der Waals surface area contributed by atoms with E-state index in [0.717, 1.165) is 38.5 Å². The van der Waals surface area contributed by atoms with E-state index in [9.17, 15) is 34.2 Å². The fraction of sp³-hybridized carbons (Fsp3) is 0.630. The van der Waals surface area contributed by atoms with Crippen molar-refractivity contribution in [1.29, 1.82) is 0 Å². The van der Waals surface area contributed by atoms with Crippen molar-refractivity contribution < 1.29 is 43.5 Å². The van der Waals surface area contributed by atoms with Gasteiger partial charge in [-0.15, -0.1) is 0 Å². The Hall–Kier alpha value is -4.67. The Bertz CT molecular complexity index is 1980. The number of phenolic OH excluding ortho intramolecular Hbond substituents is 2. The fourth-order valence-electron chi connectivity index (χ4n) is 10.1. The summed E-state index contributed by atoms with van der Waals surface area (Å²) in [4.78, 5) is 71.1. The molecule has 2 aliphatic heterocycles. The van der Waals surface area contributed by atoms with Crippen LogP contribution in [0.15, 0.2) is 36.4 Å². The van der Waals surface area contributed by atoms with Crippen LogP contribution in [0.25, 0.3) is 11.1 Å². The van der Waals surface area contributed by atoms with Crippen LogP contribution in [0.5, 0.6) is 11.5 Å². The lowest BCUT2D eigenvalue weighted by Crippen LogP contribution is -2.65. The van der Waals surface area contributed by atoms with Crippen LogP contribution in [0, 0.1) is 17.3 Å². The van der Waals surface area contributed by atoms with Crippen LogP contribution in [0.3, 0.4) is 0 Å². The van der Waals surface area contributed by atoms with Gasteiger partial charge in [-0.05, 0) is 112 Å². The highest BCUT2D eigenvalue weighted by Gasteiger charge is 2.67. The van der Waals surface area contributed by atoms with E-state index in [1.54, 1.807) is 12.1 Å². The normalized spacial score (nSPS) is 26.8. The number of amides is 5. The van der Waals surface area contributed by atoms with Crippen molar-refractivity contribution in [3.63, 3.8) is 0 Å². The number of unbranched alkanes of at least 4 members (excludes halogenated alkanes) is 5. The molecule has 4 fully saturated rings. The smallest absolute Gasteiger partial charge is 0.478 e. The van der Waals surface area contributed by atoms with E-state index in [-0.39, 0.29) is 71.3 Å². The molecule has 16 heteroatoms. The number of nitrogens with one attached hydrogen (secondary N) is 4. The molecule has 3 aliphatic carbocycles. The van der Waals surface area contributed by atoms with Crippen LogP contribution in [-0.4, -0.2) is 102 Å². The second kappa shape index (κ2) is 19.8. The molecular weight excluding hydrogens is 791 g/mol. The van der Waals surface area contributed by atoms with Gasteiger partial charge < -0.3 is 51.4 Å². The van der Waals surface area contributed by atoms with Gasteiger partial charge in [-0.3, -0.25) is 24.0 Å². The number of benzene rings is 2. The van der Waals surface area contributed by atoms with Gasteiger partial charge in [-0.25, -0.2) is 0 Å². The highest BCUT2D eigenvalue weighted by molar-refractivity contribution is 6.46. The van der Waals surface area contributed by atoms with Crippen molar-refractivity contribution in [1.82, 2.24) is 26.2 Å². The van der Waals surface area contributed by atoms with Gasteiger partial charge in [0, 0.05) is 31.0 Å². The third-order valence-electron chi connectivity index (χ3n) is 14.0. The number of nitrogens with two attached hydrogens (primary N) is 1. The summed E-state index contributed by atoms with van der Waals surface area (Å²) in [6.45, 7) is 10.7. The lowest BCUT2D eigenvalue weighted by Gasteiger charge is -2.64. The summed E-state index contributed by atoms with van der Waals surface area (Å²) < 4.78 is 12.8. The minimum Gasteiger partial charge on any atom is -0.507 e. The average Bonchev–Trinajstić information content (AvgIpc) is 3.59. The molecule has 5 amide bonds. The molecule has 2 heterocycles. The van der Waals surface area contributed by atoms with Crippen LogP contribution < -0.4 is 27.0 Å². The lowest BCUT2D eigenvalue weighted by atomic mass is 9.43. The van der Waals surface area contributed by atoms with E-state index in [1.165, 1.54) is 43.1 Å². The SMILES string of the molecule is CCCCCCCC(=O)N[C@@H](CCCCN)C(=O)N(C)[C@@H]1C(=O)N[C@@H](C)C(=O)N[C@H](C(=O)NCB2O[C@@H]3C[C@@H]4C[C@@H](C4(C)C)[C@]3(C)O2)Cc2ccc(O)c(c2)-c2cc1ccc2O. The van der Waals surface area contributed by atoms with E-state index in [0.29, 0.717) is 43.2 Å². The van der Waals surface area contributed by atoms with Gasteiger partial charge in [0.1, 0.15) is 35.7 Å². The van der Waals surface area contributed by atoms with E-state index in [2.05, 4.69) is 49.0 Å². The Balaban J connectivity index is 1.24. The van der Waals surface area contributed by atoms with Crippen molar-refractivity contribution >= 4 is 36.7 Å². The number of rotatable bonds is 16. The Kier molecular flexibility index (Phi) is 15.0. The van der Waals surface area contributed by atoms with E-state index < -0.39 is 60.5 Å². The van der Waals surface area contributed by atoms with E-state index in [1.807, 2.05) is 0 Å². The first-order valence-corrected chi connectivity index (χ1v) is 22.6. The molecule has 62 heavy (non-hydrogen) atoms. The molecule has 6 bridgehead atoms. The summed E-state index contributed by atoms with van der Waals surface area (Å²) in [5.41, 5.74) is 6.69. The third-order valence-corrected chi connectivity index (χ3v) is 14.0. The number of phenols is 2. The number of carbonyl (C=O) groups is 5. The molecule has 15 nitrogen and oxygen atoms in total. The van der Waals surface area contributed by atoms with Crippen molar-refractivity contribution in [2.75, 3.05) is 20.0 Å². The van der Waals surface area contributed by atoms with E-state index >= 15 is 0 Å². The molecule has 0 unspecified atom stereocenters. The molecule has 3 saturated carbocycles. The number of fused-ring (bicyclic) bond motifs is 5. The topological polar surface area (TPSA) is 222 Å². The van der Waals surface area contributed by atoms with Crippen LogP contribution in [0.1, 0.15) is 122 Å². The van der Waals surface area contributed by atoms with Crippen LogP contribution >= 0.6 is 0 Å². The molecule has 0 aromatic heterocycles. The number of nitrogens with zero attached hydrogens (tertiary/aromatic N) is 1. The Morgan fingerprint density at radius 3 is 2.37 bits per heavy atom. The van der Waals surface area contributed by atoms with Gasteiger partial charge in [-0.1, -0.05) is 58.6 Å². The standard InChI is InChI=1S/C46H67BN6O9/c1-7-8-9-10-11-15-39(56)51-33(14-12-13-20-48)44(60)53(6)40-29-17-19-36(55)32(23-29)31-21-28(16-18-35(31)54)22-34(52-41(57)27(2)50-43(40)59)42(58)49-26-47-61-38-25-30-24-37(45(30,3)4)46(38,5)62-47/h16-19,21,23,27,30,33-34,37-38,40,54-55H,7-15,20,22,24-26,48H2,1-6H3,(H,49,58)(H,50,59)(H,51,56)(H,52,57)/t27-,30-,33-,34-,37-,38+,40-,46-/m0/s1. The maximum atomic E-state index is 14.4. The Morgan fingerprint density at radius 2 is 1.66 bits per heavy atom. The van der Waals surface area contributed by atoms with Gasteiger partial charge in [-0.2, -0.15) is 0 Å². The first-order chi connectivity index (χ1) is 29.5. The molecule has 0 radical (unpaired) electrons. The minimum atomic E-state index is -1.35. The second-order valence-electron chi connectivity index (χ2n) is 18.7. The molecule has 2 aromatic rings. The molecule has 8 atom stereocenters. The quantitative estimate of drug-likeness (QED) is 0.0944. The maximum Gasteiger partial charge on any atom is 0.478 e. The predicted molar refractivity (Wildman–Crippen MR) is 235 cm³/mol. The summed E-state index contributed by atoms with van der Waals surface area (Å²) in [6, 6.07) is 4.49. The first-order valence-electron chi connectivity index (χ1n) is 22.6. The van der Waals surface area contributed by atoms with Gasteiger partial charge in [0.2, 0.25) is 29.5 Å². The molecule has 338 valence electrons. The highest BCUT2D eigenvalue weighted by Crippen LogP contribution is 2.65. The van der Waals surface area contributed by atoms with Crippen LogP contribution in [0.2, 0.25) is 0 Å². The monoisotopic (exact) mass is 859 g/mol. The van der Waals surface area contributed by atoms with Gasteiger partial charge in [0.05, 0.1) is 18.1 Å². The Morgan fingerprint density at radius 1 is 0.952 bits per heavy atom. The van der Waals surface area contributed by atoms with Crippen LogP contribution in [-0.2, 0) is 39.7 Å². The number of hydrogen-bond acceptors (Lipinski definition) is 10. The maximum absolute atomic E-state index is 14.4. The predicted octanol–water partition coefficient (Wildman–Crippen LogP) is 4.17. The van der Waals surface area contributed by atoms with E-state index in [4.69, 9.17) is 15.0 Å². The summed E-state index contributed by atoms with van der Waals surface area (Å²) in [5.74, 6) is -2.14. The van der Waals surface area contributed by atoms with Crippen molar-refractivity contribution in [3.8, 4) is 22.6 Å². The zero-order chi connectivity index (χ0) is 44.9. The molecule has 5 aliphatic rings. The zero-order valence-electron chi connectivity index (χ0n) is 37.3. The summed E-state index contributed by atoms with van der Waals surface area (Å²) in [6.07, 6.45) is 8.46. The van der Waals surface area contributed by atoms with Crippen molar-refractivity contribution in [2.45, 2.75) is 148 Å². The Labute approximate surface area is 366 Å². The zero-order valence-corrected chi connectivity index (χ0v) is 37.3. The molecule has 0 spiro atoms. The fourth-order valence-corrected chi connectivity index (χ4v) is 10.1. The number of aromatic hydroxyl groups is 2. The second-order valence-corrected chi connectivity index (χ2v) is 18.7. The van der Waals surface area contributed by atoms with Crippen molar-refractivity contribution in [2.24, 2.45) is 23.0 Å². The average molecular weight is 859 g/mol. The van der Waals surface area contributed by atoms with Gasteiger partial charge in [0.25, 0.3) is 0 Å². The third kappa shape index (κ3) is 10.1. The molecule has 8 N–H and O–H groups in total. The minimum absolute atomic E-state index is 0.00645. The summed E-state index contributed by atoms with van der Waals surface area (Å²) >= 11 is 0. The summed E-state index contributed by atoms with van der Waals surface area (Å²) in [5, 5.41) is 33.7. The summed E-state index contributed by atoms with van der Waals surface area (Å²) in [7, 11) is 0.780. The number of carbonyl (C=O) groups excluding carboxylic acids is 5. The van der Waals surface area contributed by atoms with Crippen molar-refractivity contribution in [3.05, 3.63) is 47.5 Å². The van der Waals surface area contributed by atoms with Crippen LogP contribution in [0.4, 0.5) is 0 Å². The number of likely N-dealkylation sites (N-methyl/N-ethyl adjacent to an activating group) is 1.